The maximum atomic E-state index is 13.2. The smallest absolute Gasteiger partial charge is 0.411 e. The summed E-state index contributed by atoms with van der Waals surface area (Å²) >= 11 is 0. The van der Waals surface area contributed by atoms with E-state index in [0.717, 1.165) is 48.8 Å². The average molecular weight is 563 g/mol. The fourth-order valence-corrected chi connectivity index (χ4v) is 5.25. The summed E-state index contributed by atoms with van der Waals surface area (Å²) in [7, 11) is -3.57. The van der Waals surface area contributed by atoms with Gasteiger partial charge in [0.05, 0.1) is 29.8 Å². The van der Waals surface area contributed by atoms with Crippen LogP contribution in [0.3, 0.4) is 0 Å². The molecular formula is C28H30N6O5S. The Bertz CT molecular complexity index is 1610. The standard InChI is InChI=1S/C28H30N6O5S/c1-40(37,38)33-22-4-5-24(27(35)31-21-3-2-20-6-13-30-25(20)16-21)26(17-22)32-28(36)39-18-19-9-14-34(15-10-19)23-7-11-29-12-8-23/h2-8,11-13,16-17,19,30,33H,9-10,14-15,18H2,1H3,(H,31,35)(H,32,36). The lowest BCUT2D eigenvalue weighted by Crippen LogP contribution is -2.35. The summed E-state index contributed by atoms with van der Waals surface area (Å²) in [6, 6.07) is 15.6. The predicted molar refractivity (Wildman–Crippen MR) is 155 cm³/mol. The zero-order chi connectivity index (χ0) is 28.1. The zero-order valence-electron chi connectivity index (χ0n) is 21.9. The number of H-pyrrole nitrogens is 1. The summed E-state index contributed by atoms with van der Waals surface area (Å²) in [4.78, 5) is 35.4. The molecule has 0 saturated carbocycles. The van der Waals surface area contributed by atoms with E-state index >= 15 is 0 Å². The molecule has 0 spiro atoms. The summed E-state index contributed by atoms with van der Waals surface area (Å²) in [5, 5.41) is 6.45. The van der Waals surface area contributed by atoms with Crippen LogP contribution < -0.4 is 20.3 Å². The van der Waals surface area contributed by atoms with Gasteiger partial charge in [-0.25, -0.2) is 13.2 Å². The highest BCUT2D eigenvalue weighted by atomic mass is 32.2. The molecule has 208 valence electrons. The minimum Gasteiger partial charge on any atom is -0.449 e. The van der Waals surface area contributed by atoms with Crippen molar-refractivity contribution in [3.8, 4) is 0 Å². The van der Waals surface area contributed by atoms with Gasteiger partial charge in [0.1, 0.15) is 0 Å². The van der Waals surface area contributed by atoms with Crippen molar-refractivity contribution in [3.63, 3.8) is 0 Å². The Morgan fingerprint density at radius 3 is 2.50 bits per heavy atom. The minimum atomic E-state index is -3.57. The molecule has 1 aliphatic rings. The highest BCUT2D eigenvalue weighted by Gasteiger charge is 2.22. The van der Waals surface area contributed by atoms with Gasteiger partial charge < -0.3 is 19.9 Å². The van der Waals surface area contributed by atoms with Gasteiger partial charge in [0, 0.05) is 48.6 Å². The number of rotatable bonds is 8. The second-order valence-electron chi connectivity index (χ2n) is 9.73. The van der Waals surface area contributed by atoms with Gasteiger partial charge in [0.25, 0.3) is 5.91 Å². The highest BCUT2D eigenvalue weighted by Crippen LogP contribution is 2.26. The topological polar surface area (TPSA) is 146 Å². The van der Waals surface area contributed by atoms with Gasteiger partial charge in [-0.05, 0) is 72.7 Å². The van der Waals surface area contributed by atoms with E-state index in [1.165, 1.54) is 18.2 Å². The van der Waals surface area contributed by atoms with Crippen LogP contribution in [-0.2, 0) is 14.8 Å². The molecule has 2 aromatic carbocycles. The maximum absolute atomic E-state index is 13.2. The summed E-state index contributed by atoms with van der Waals surface area (Å²) in [5.74, 6) is -0.275. The Morgan fingerprint density at radius 1 is 1.00 bits per heavy atom. The number of benzene rings is 2. The fourth-order valence-electron chi connectivity index (χ4n) is 4.70. The molecule has 0 bridgehead atoms. The number of nitrogens with zero attached hydrogens (tertiary/aromatic N) is 2. The van der Waals surface area contributed by atoms with Gasteiger partial charge in [-0.1, -0.05) is 6.07 Å². The number of carbonyl (C=O) groups excluding carboxylic acids is 2. The largest absolute Gasteiger partial charge is 0.449 e. The van der Waals surface area contributed by atoms with Crippen LogP contribution in [0.2, 0.25) is 0 Å². The van der Waals surface area contributed by atoms with Gasteiger partial charge in [0.15, 0.2) is 0 Å². The monoisotopic (exact) mass is 562 g/mol. The third kappa shape index (κ3) is 6.89. The Labute approximate surface area is 232 Å². The van der Waals surface area contributed by atoms with Crippen LogP contribution in [0.4, 0.5) is 27.5 Å². The molecule has 0 aliphatic carbocycles. The van der Waals surface area contributed by atoms with Crippen molar-refractivity contribution in [2.75, 3.05) is 46.2 Å². The van der Waals surface area contributed by atoms with Crippen LogP contribution in [0.25, 0.3) is 10.9 Å². The molecule has 1 aliphatic heterocycles. The SMILES string of the molecule is CS(=O)(=O)Nc1ccc(C(=O)Nc2ccc3cc[nH]c3c2)c(NC(=O)OCC2CCN(c3ccncc3)CC2)c1. The number of piperidine rings is 1. The molecule has 3 heterocycles. The van der Waals surface area contributed by atoms with Gasteiger partial charge in [0.2, 0.25) is 10.0 Å². The normalized spacial score (nSPS) is 14.1. The molecule has 5 rings (SSSR count). The third-order valence-electron chi connectivity index (χ3n) is 6.71. The molecule has 4 aromatic rings. The lowest BCUT2D eigenvalue weighted by atomic mass is 9.97. The van der Waals surface area contributed by atoms with Crippen molar-refractivity contribution in [1.82, 2.24) is 9.97 Å². The molecule has 0 unspecified atom stereocenters. The third-order valence-corrected chi connectivity index (χ3v) is 7.32. The zero-order valence-corrected chi connectivity index (χ0v) is 22.7. The Morgan fingerprint density at radius 2 is 1.75 bits per heavy atom. The summed E-state index contributed by atoms with van der Waals surface area (Å²) < 4.78 is 31.4. The van der Waals surface area contributed by atoms with Crippen molar-refractivity contribution in [3.05, 3.63) is 78.8 Å². The van der Waals surface area contributed by atoms with E-state index < -0.39 is 22.0 Å². The molecule has 12 heteroatoms. The fraction of sp³-hybridized carbons (Fsp3) is 0.250. The number of nitrogens with one attached hydrogen (secondary N) is 4. The molecule has 0 atom stereocenters. The van der Waals surface area contributed by atoms with E-state index in [4.69, 9.17) is 4.74 Å². The van der Waals surface area contributed by atoms with E-state index in [0.29, 0.717) is 5.69 Å². The van der Waals surface area contributed by atoms with Crippen molar-refractivity contribution >= 4 is 55.7 Å². The van der Waals surface area contributed by atoms with Crippen molar-refractivity contribution < 1.29 is 22.7 Å². The second kappa shape index (κ2) is 11.7. The lowest BCUT2D eigenvalue weighted by Gasteiger charge is -2.33. The first-order valence-corrected chi connectivity index (χ1v) is 14.7. The molecule has 0 radical (unpaired) electrons. The van der Waals surface area contributed by atoms with Gasteiger partial charge in [-0.15, -0.1) is 0 Å². The van der Waals surface area contributed by atoms with E-state index in [2.05, 4.69) is 30.2 Å². The van der Waals surface area contributed by atoms with Crippen molar-refractivity contribution in [2.24, 2.45) is 5.92 Å². The van der Waals surface area contributed by atoms with E-state index in [1.54, 1.807) is 24.5 Å². The first kappa shape index (κ1) is 27.0. The Hall–Kier alpha value is -4.58. The number of aromatic amines is 1. The van der Waals surface area contributed by atoms with Crippen LogP contribution in [0, 0.1) is 5.92 Å². The summed E-state index contributed by atoms with van der Waals surface area (Å²) in [5.41, 5.74) is 3.00. The number of hydrogen-bond donors (Lipinski definition) is 4. The van der Waals surface area contributed by atoms with E-state index in [1.807, 2.05) is 30.5 Å². The van der Waals surface area contributed by atoms with Crippen LogP contribution in [-0.4, -0.2) is 56.3 Å². The first-order valence-electron chi connectivity index (χ1n) is 12.8. The molecule has 2 amide bonds. The Balaban J connectivity index is 1.24. The average Bonchev–Trinajstić information content (AvgIpc) is 3.40. The Kier molecular flexibility index (Phi) is 7.87. The molecule has 4 N–H and O–H groups in total. The lowest BCUT2D eigenvalue weighted by molar-refractivity contribution is 0.102. The quantitative estimate of drug-likeness (QED) is 0.245. The number of pyridine rings is 1. The van der Waals surface area contributed by atoms with Crippen molar-refractivity contribution in [1.29, 1.82) is 0 Å². The number of amides is 2. The minimum absolute atomic E-state index is 0.115. The van der Waals surface area contributed by atoms with Crippen LogP contribution in [0.15, 0.2) is 73.2 Å². The number of fused-ring (bicyclic) bond motifs is 1. The molecule has 11 nitrogen and oxygen atoms in total. The van der Waals surface area contributed by atoms with Gasteiger partial charge in [-0.3, -0.25) is 19.8 Å². The molecule has 1 fully saturated rings. The van der Waals surface area contributed by atoms with Crippen LogP contribution >= 0.6 is 0 Å². The van der Waals surface area contributed by atoms with Crippen LogP contribution in [0.1, 0.15) is 23.2 Å². The molecular weight excluding hydrogens is 532 g/mol. The van der Waals surface area contributed by atoms with Gasteiger partial charge in [-0.2, -0.15) is 0 Å². The van der Waals surface area contributed by atoms with E-state index in [-0.39, 0.29) is 29.5 Å². The number of sulfonamides is 1. The first-order chi connectivity index (χ1) is 19.2. The summed E-state index contributed by atoms with van der Waals surface area (Å²) in [6.45, 7) is 1.92. The number of ether oxygens (including phenoxy) is 1. The highest BCUT2D eigenvalue weighted by molar-refractivity contribution is 7.92. The van der Waals surface area contributed by atoms with Crippen LogP contribution in [0.5, 0.6) is 0 Å². The maximum Gasteiger partial charge on any atom is 0.411 e. The number of anilines is 4. The second-order valence-corrected chi connectivity index (χ2v) is 11.5. The summed E-state index contributed by atoms with van der Waals surface area (Å²) in [6.07, 6.45) is 7.36. The van der Waals surface area contributed by atoms with E-state index in [9.17, 15) is 18.0 Å². The predicted octanol–water partition coefficient (Wildman–Crippen LogP) is 4.65. The number of carbonyl (C=O) groups is 2. The number of aromatic nitrogens is 2. The molecule has 40 heavy (non-hydrogen) atoms. The number of hydrogen-bond acceptors (Lipinski definition) is 7. The van der Waals surface area contributed by atoms with Crippen molar-refractivity contribution in [2.45, 2.75) is 12.8 Å². The molecule has 2 aromatic heterocycles. The molecule has 1 saturated heterocycles. The van der Waals surface area contributed by atoms with Gasteiger partial charge >= 0.3 is 6.09 Å².